The molecule has 0 spiro atoms. The molecule has 2 N–H and O–H groups in total. The molecule has 6 nitrogen and oxygen atoms in total. The van der Waals surface area contributed by atoms with Gasteiger partial charge in [-0.1, -0.05) is 12.8 Å². The van der Waals surface area contributed by atoms with Gasteiger partial charge in [-0.05, 0) is 18.9 Å². The number of carbonyl (C=O) groups excluding carboxylic acids is 1. The molecule has 1 aliphatic rings. The van der Waals surface area contributed by atoms with Crippen molar-refractivity contribution < 1.29 is 14.3 Å². The molecule has 2 rings (SSSR count). The highest BCUT2D eigenvalue weighted by molar-refractivity contribution is 5.92. The second-order valence-corrected chi connectivity index (χ2v) is 5.14. The molecule has 1 saturated carbocycles. The minimum absolute atomic E-state index is 0.0447. The molecule has 1 aromatic rings. The zero-order valence-corrected chi connectivity index (χ0v) is 12.4. The van der Waals surface area contributed by atoms with Crippen molar-refractivity contribution in [3.05, 3.63) is 18.3 Å². The molecular weight excluding hydrogens is 270 g/mol. The first-order valence-electron chi connectivity index (χ1n) is 7.39. The van der Waals surface area contributed by atoms with Gasteiger partial charge in [0, 0.05) is 19.2 Å². The van der Waals surface area contributed by atoms with E-state index in [2.05, 4.69) is 15.6 Å². The molecule has 1 aromatic heterocycles. The van der Waals surface area contributed by atoms with Gasteiger partial charge in [-0.3, -0.25) is 4.79 Å². The number of rotatable bonds is 8. The number of carbonyl (C=O) groups is 1. The van der Waals surface area contributed by atoms with Crippen molar-refractivity contribution in [2.45, 2.75) is 31.7 Å². The summed E-state index contributed by atoms with van der Waals surface area (Å²) in [6, 6.07) is 4.00. The number of hydrogen-bond acceptors (Lipinski definition) is 5. The maximum atomic E-state index is 11.8. The Morgan fingerprint density at radius 2 is 2.14 bits per heavy atom. The average Bonchev–Trinajstić information content (AvgIpc) is 3.01. The third-order valence-corrected chi connectivity index (χ3v) is 3.46. The van der Waals surface area contributed by atoms with E-state index < -0.39 is 0 Å². The molecule has 0 aromatic carbocycles. The van der Waals surface area contributed by atoms with Gasteiger partial charge in [0.1, 0.15) is 6.61 Å². The Labute approximate surface area is 125 Å². The predicted molar refractivity (Wildman–Crippen MR) is 80.5 cm³/mol. The molecule has 1 amide bonds. The van der Waals surface area contributed by atoms with Crippen LogP contribution in [-0.4, -0.2) is 43.8 Å². The van der Waals surface area contributed by atoms with Crippen LogP contribution in [0.15, 0.2) is 18.3 Å². The van der Waals surface area contributed by atoms with Crippen LogP contribution in [0.2, 0.25) is 0 Å². The molecule has 0 unspecified atom stereocenters. The van der Waals surface area contributed by atoms with E-state index in [9.17, 15) is 4.79 Å². The number of aromatic nitrogens is 1. The SMILES string of the molecule is COCCOc1ccc(NC(=O)CNC2CCCC2)cn1. The maximum Gasteiger partial charge on any atom is 0.238 e. The second kappa shape index (κ2) is 8.59. The van der Waals surface area contributed by atoms with E-state index >= 15 is 0 Å². The number of pyridine rings is 1. The highest BCUT2D eigenvalue weighted by Gasteiger charge is 2.15. The lowest BCUT2D eigenvalue weighted by Crippen LogP contribution is -2.34. The molecule has 21 heavy (non-hydrogen) atoms. The number of ether oxygens (including phenoxy) is 2. The summed E-state index contributed by atoms with van der Waals surface area (Å²) in [5, 5.41) is 6.09. The Balaban J connectivity index is 1.70. The van der Waals surface area contributed by atoms with Crippen molar-refractivity contribution in [2.75, 3.05) is 32.2 Å². The van der Waals surface area contributed by atoms with Gasteiger partial charge in [0.25, 0.3) is 0 Å². The van der Waals surface area contributed by atoms with Crippen LogP contribution in [0, 0.1) is 0 Å². The Morgan fingerprint density at radius 3 is 2.81 bits per heavy atom. The summed E-state index contributed by atoms with van der Waals surface area (Å²) in [6.45, 7) is 1.32. The summed E-state index contributed by atoms with van der Waals surface area (Å²) in [5.74, 6) is 0.478. The number of amides is 1. The highest BCUT2D eigenvalue weighted by atomic mass is 16.5. The Hall–Kier alpha value is -1.66. The lowest BCUT2D eigenvalue weighted by Gasteiger charge is -2.11. The van der Waals surface area contributed by atoms with E-state index in [1.54, 1.807) is 25.4 Å². The largest absolute Gasteiger partial charge is 0.475 e. The summed E-state index contributed by atoms with van der Waals surface area (Å²) < 4.78 is 10.3. The standard InChI is InChI=1S/C15H23N3O3/c1-20-8-9-21-15-7-6-13(10-17-15)18-14(19)11-16-12-4-2-3-5-12/h6-7,10,12,16H,2-5,8-9,11H2,1H3,(H,18,19). The van der Waals surface area contributed by atoms with Crippen LogP contribution in [-0.2, 0) is 9.53 Å². The molecule has 0 radical (unpaired) electrons. The highest BCUT2D eigenvalue weighted by Crippen LogP contribution is 2.17. The number of nitrogens with one attached hydrogen (secondary N) is 2. The van der Waals surface area contributed by atoms with E-state index in [1.807, 2.05) is 0 Å². The smallest absolute Gasteiger partial charge is 0.238 e. The zero-order valence-electron chi connectivity index (χ0n) is 12.4. The number of hydrogen-bond donors (Lipinski definition) is 2. The van der Waals surface area contributed by atoms with Gasteiger partial charge in [-0.2, -0.15) is 0 Å². The number of methoxy groups -OCH3 is 1. The summed E-state index contributed by atoms with van der Waals surface area (Å²) in [7, 11) is 1.62. The lowest BCUT2D eigenvalue weighted by molar-refractivity contribution is -0.115. The van der Waals surface area contributed by atoms with Gasteiger partial charge in [0.15, 0.2) is 0 Å². The van der Waals surface area contributed by atoms with E-state index in [4.69, 9.17) is 9.47 Å². The lowest BCUT2D eigenvalue weighted by atomic mass is 10.2. The summed E-state index contributed by atoms with van der Waals surface area (Å²) in [4.78, 5) is 15.9. The van der Waals surface area contributed by atoms with Crippen molar-refractivity contribution in [2.24, 2.45) is 0 Å². The van der Waals surface area contributed by atoms with Crippen LogP contribution in [0.5, 0.6) is 5.88 Å². The van der Waals surface area contributed by atoms with Gasteiger partial charge < -0.3 is 20.1 Å². The van der Waals surface area contributed by atoms with Crippen molar-refractivity contribution >= 4 is 11.6 Å². The minimum Gasteiger partial charge on any atom is -0.475 e. The third-order valence-electron chi connectivity index (χ3n) is 3.46. The normalized spacial score (nSPS) is 15.1. The average molecular weight is 293 g/mol. The molecule has 0 bridgehead atoms. The first kappa shape index (κ1) is 15.7. The quantitative estimate of drug-likeness (QED) is 0.712. The van der Waals surface area contributed by atoms with Gasteiger partial charge >= 0.3 is 0 Å². The van der Waals surface area contributed by atoms with Crippen LogP contribution in [0.4, 0.5) is 5.69 Å². The fourth-order valence-electron chi connectivity index (χ4n) is 2.34. The third kappa shape index (κ3) is 5.69. The first-order chi connectivity index (χ1) is 10.3. The molecule has 6 heteroatoms. The van der Waals surface area contributed by atoms with Crippen LogP contribution in [0.3, 0.4) is 0 Å². The summed E-state index contributed by atoms with van der Waals surface area (Å²) >= 11 is 0. The number of anilines is 1. The number of nitrogens with zero attached hydrogens (tertiary/aromatic N) is 1. The molecule has 1 fully saturated rings. The van der Waals surface area contributed by atoms with E-state index in [0.29, 0.717) is 37.4 Å². The monoisotopic (exact) mass is 293 g/mol. The Morgan fingerprint density at radius 1 is 1.33 bits per heavy atom. The van der Waals surface area contributed by atoms with Crippen LogP contribution >= 0.6 is 0 Å². The van der Waals surface area contributed by atoms with Crippen molar-refractivity contribution in [3.8, 4) is 5.88 Å². The van der Waals surface area contributed by atoms with Crippen molar-refractivity contribution in [1.82, 2.24) is 10.3 Å². The summed E-state index contributed by atoms with van der Waals surface area (Å²) in [6.07, 6.45) is 6.45. The molecule has 0 atom stereocenters. The van der Waals surface area contributed by atoms with Gasteiger partial charge in [0.05, 0.1) is 25.0 Å². The van der Waals surface area contributed by atoms with E-state index in [1.165, 1.54) is 25.7 Å². The zero-order chi connectivity index (χ0) is 14.9. The Kier molecular flexibility index (Phi) is 6.43. The fourth-order valence-corrected chi connectivity index (χ4v) is 2.34. The van der Waals surface area contributed by atoms with E-state index in [0.717, 1.165) is 0 Å². The van der Waals surface area contributed by atoms with Crippen molar-refractivity contribution in [1.29, 1.82) is 0 Å². The molecule has 0 saturated heterocycles. The van der Waals surface area contributed by atoms with Crippen LogP contribution in [0.25, 0.3) is 0 Å². The maximum absolute atomic E-state index is 11.8. The summed E-state index contributed by atoms with van der Waals surface area (Å²) in [5.41, 5.74) is 0.673. The van der Waals surface area contributed by atoms with Crippen LogP contribution < -0.4 is 15.4 Å². The van der Waals surface area contributed by atoms with Crippen LogP contribution in [0.1, 0.15) is 25.7 Å². The second-order valence-electron chi connectivity index (χ2n) is 5.14. The first-order valence-corrected chi connectivity index (χ1v) is 7.39. The van der Waals surface area contributed by atoms with E-state index in [-0.39, 0.29) is 5.91 Å². The Bertz CT molecular complexity index is 430. The van der Waals surface area contributed by atoms with Crippen molar-refractivity contribution in [3.63, 3.8) is 0 Å². The topological polar surface area (TPSA) is 72.5 Å². The molecule has 0 aliphatic heterocycles. The molecule has 116 valence electrons. The molecule has 1 heterocycles. The molecular formula is C15H23N3O3. The van der Waals surface area contributed by atoms with Gasteiger partial charge in [-0.15, -0.1) is 0 Å². The molecule has 1 aliphatic carbocycles. The van der Waals surface area contributed by atoms with Gasteiger partial charge in [0.2, 0.25) is 11.8 Å². The minimum atomic E-state index is -0.0447. The predicted octanol–water partition coefficient (Wildman–Crippen LogP) is 1.58. The fraction of sp³-hybridized carbons (Fsp3) is 0.600. The van der Waals surface area contributed by atoms with Gasteiger partial charge in [-0.25, -0.2) is 4.98 Å².